The van der Waals surface area contributed by atoms with E-state index >= 15 is 0 Å². The van der Waals surface area contributed by atoms with Gasteiger partial charge in [-0.1, -0.05) is 6.92 Å². The maximum Gasteiger partial charge on any atom is 0.0814 e. The molecule has 3 nitrogen and oxygen atoms in total. The smallest absolute Gasteiger partial charge is 0.0814 e. The van der Waals surface area contributed by atoms with Gasteiger partial charge in [0, 0.05) is 6.54 Å². The van der Waals surface area contributed by atoms with Gasteiger partial charge in [0.05, 0.1) is 17.8 Å². The van der Waals surface area contributed by atoms with Gasteiger partial charge in [0.1, 0.15) is 0 Å². The van der Waals surface area contributed by atoms with Crippen LogP contribution in [0.5, 0.6) is 0 Å². The van der Waals surface area contributed by atoms with Crippen molar-refractivity contribution in [1.82, 2.24) is 0 Å². The summed E-state index contributed by atoms with van der Waals surface area (Å²) in [4.78, 5) is 0. The third-order valence-electron chi connectivity index (χ3n) is 2.93. The van der Waals surface area contributed by atoms with Crippen LogP contribution in [0, 0.1) is 5.92 Å². The van der Waals surface area contributed by atoms with E-state index < -0.39 is 6.10 Å². The lowest BCUT2D eigenvalue weighted by Crippen LogP contribution is -2.53. The van der Waals surface area contributed by atoms with Crippen LogP contribution >= 0.6 is 0 Å². The van der Waals surface area contributed by atoms with E-state index in [-0.39, 0.29) is 11.7 Å². The van der Waals surface area contributed by atoms with Crippen molar-refractivity contribution in [2.24, 2.45) is 11.7 Å². The lowest BCUT2D eigenvalue weighted by molar-refractivity contribution is -0.171. The molecule has 13 heavy (non-hydrogen) atoms. The molecule has 0 saturated heterocycles. The number of rotatable bonds is 4. The number of aliphatic hydroxyl groups is 1. The fourth-order valence-electron chi connectivity index (χ4n) is 2.01. The molecule has 0 amide bonds. The molecule has 0 aliphatic heterocycles. The molecule has 1 rings (SSSR count). The Morgan fingerprint density at radius 1 is 1.54 bits per heavy atom. The van der Waals surface area contributed by atoms with Crippen molar-refractivity contribution in [3.63, 3.8) is 0 Å². The zero-order valence-electron chi connectivity index (χ0n) is 8.79. The van der Waals surface area contributed by atoms with Gasteiger partial charge in [-0.15, -0.1) is 0 Å². The predicted molar refractivity (Wildman–Crippen MR) is 52.4 cm³/mol. The van der Waals surface area contributed by atoms with Crippen LogP contribution in [0.4, 0.5) is 0 Å². The molecule has 0 aromatic carbocycles. The molecule has 0 radical (unpaired) electrons. The summed E-state index contributed by atoms with van der Waals surface area (Å²) in [7, 11) is 0. The van der Waals surface area contributed by atoms with E-state index in [1.807, 2.05) is 6.92 Å². The van der Waals surface area contributed by atoms with Gasteiger partial charge in [-0.3, -0.25) is 0 Å². The van der Waals surface area contributed by atoms with Gasteiger partial charge in [-0.25, -0.2) is 0 Å². The van der Waals surface area contributed by atoms with Crippen molar-refractivity contribution in [3.8, 4) is 0 Å². The third-order valence-corrected chi connectivity index (χ3v) is 2.93. The summed E-state index contributed by atoms with van der Waals surface area (Å²) in [5, 5.41) is 9.30. The molecular weight excluding hydrogens is 166 g/mol. The molecule has 0 heterocycles. The Kier molecular flexibility index (Phi) is 3.33. The average molecular weight is 187 g/mol. The van der Waals surface area contributed by atoms with Crippen LogP contribution in [-0.2, 0) is 4.74 Å². The summed E-state index contributed by atoms with van der Waals surface area (Å²) in [6, 6.07) is 0. The highest BCUT2D eigenvalue weighted by Crippen LogP contribution is 2.40. The van der Waals surface area contributed by atoms with Gasteiger partial charge >= 0.3 is 0 Å². The first-order valence-electron chi connectivity index (χ1n) is 5.05. The topological polar surface area (TPSA) is 55.5 Å². The summed E-state index contributed by atoms with van der Waals surface area (Å²) < 4.78 is 5.78. The second kappa shape index (κ2) is 3.95. The fraction of sp³-hybridized carbons (Fsp3) is 1.00. The van der Waals surface area contributed by atoms with Crippen LogP contribution in [0.25, 0.3) is 0 Å². The van der Waals surface area contributed by atoms with E-state index in [1.54, 1.807) is 6.92 Å². The Balaban J connectivity index is 2.41. The summed E-state index contributed by atoms with van der Waals surface area (Å²) in [6.07, 6.45) is 1.52. The number of hydrogen-bond donors (Lipinski definition) is 2. The number of aliphatic hydroxyl groups excluding tert-OH is 1. The highest BCUT2D eigenvalue weighted by molar-refractivity contribution is 4.95. The first kappa shape index (κ1) is 11.0. The zero-order chi connectivity index (χ0) is 10.1. The van der Waals surface area contributed by atoms with E-state index in [0.717, 1.165) is 12.8 Å². The molecule has 0 spiro atoms. The van der Waals surface area contributed by atoms with Crippen molar-refractivity contribution < 1.29 is 9.84 Å². The minimum atomic E-state index is -0.417. The first-order valence-corrected chi connectivity index (χ1v) is 5.05. The Bertz CT molecular complexity index is 164. The third kappa shape index (κ3) is 2.42. The Morgan fingerprint density at radius 2 is 2.08 bits per heavy atom. The molecule has 1 saturated carbocycles. The van der Waals surface area contributed by atoms with E-state index in [2.05, 4.69) is 6.92 Å². The van der Waals surface area contributed by atoms with E-state index in [9.17, 15) is 5.11 Å². The minimum absolute atomic E-state index is 0.115. The lowest BCUT2D eigenvalue weighted by Gasteiger charge is -2.47. The normalized spacial score (nSPS) is 38.1. The lowest BCUT2D eigenvalue weighted by atomic mass is 9.71. The van der Waals surface area contributed by atoms with Gasteiger partial charge < -0.3 is 15.6 Å². The molecule has 0 aromatic heterocycles. The van der Waals surface area contributed by atoms with Crippen molar-refractivity contribution >= 4 is 0 Å². The summed E-state index contributed by atoms with van der Waals surface area (Å²) in [5.41, 5.74) is 5.53. The Labute approximate surface area is 80.3 Å². The average Bonchev–Trinajstić information content (AvgIpc) is 2.00. The molecule has 0 bridgehead atoms. The standard InChI is InChI=1S/C10H21NO2/c1-7-4-10(5-7,6-11)13-9(3)8(2)12/h7-9,12H,4-6,11H2,1-3H3. The van der Waals surface area contributed by atoms with E-state index in [1.165, 1.54) is 0 Å². The Morgan fingerprint density at radius 3 is 2.38 bits per heavy atom. The maximum atomic E-state index is 9.30. The van der Waals surface area contributed by atoms with Crippen molar-refractivity contribution in [2.45, 2.75) is 51.4 Å². The van der Waals surface area contributed by atoms with Crippen LogP contribution in [0.15, 0.2) is 0 Å². The van der Waals surface area contributed by atoms with Crippen molar-refractivity contribution in [2.75, 3.05) is 6.54 Å². The number of ether oxygens (including phenoxy) is 1. The van der Waals surface area contributed by atoms with Gasteiger partial charge in [0.2, 0.25) is 0 Å². The molecule has 2 atom stereocenters. The molecule has 2 unspecified atom stereocenters. The zero-order valence-corrected chi connectivity index (χ0v) is 8.79. The molecule has 3 N–H and O–H groups in total. The number of hydrogen-bond acceptors (Lipinski definition) is 3. The van der Waals surface area contributed by atoms with Crippen molar-refractivity contribution in [1.29, 1.82) is 0 Å². The minimum Gasteiger partial charge on any atom is -0.391 e. The second-order valence-electron chi connectivity index (χ2n) is 4.46. The van der Waals surface area contributed by atoms with E-state index in [4.69, 9.17) is 10.5 Å². The molecule has 1 aliphatic carbocycles. The van der Waals surface area contributed by atoms with Crippen LogP contribution in [0.1, 0.15) is 33.6 Å². The number of nitrogens with two attached hydrogens (primary N) is 1. The van der Waals surface area contributed by atoms with Gasteiger partial charge in [-0.2, -0.15) is 0 Å². The monoisotopic (exact) mass is 187 g/mol. The van der Waals surface area contributed by atoms with Crippen LogP contribution in [-0.4, -0.2) is 29.5 Å². The Hall–Kier alpha value is -0.120. The van der Waals surface area contributed by atoms with Gasteiger partial charge in [0.15, 0.2) is 0 Å². The molecule has 0 aromatic rings. The maximum absolute atomic E-state index is 9.30. The largest absolute Gasteiger partial charge is 0.391 e. The second-order valence-corrected chi connectivity index (χ2v) is 4.46. The van der Waals surface area contributed by atoms with Crippen LogP contribution < -0.4 is 5.73 Å². The molecule has 1 aliphatic rings. The van der Waals surface area contributed by atoms with E-state index in [0.29, 0.717) is 12.5 Å². The summed E-state index contributed by atoms with van der Waals surface area (Å²) in [6.45, 7) is 6.40. The highest BCUT2D eigenvalue weighted by Gasteiger charge is 2.43. The van der Waals surface area contributed by atoms with Crippen LogP contribution in [0.2, 0.25) is 0 Å². The SMILES string of the molecule is CC1CC(CN)(OC(C)C(C)O)C1. The predicted octanol–water partition coefficient (Wildman–Crippen LogP) is 0.900. The summed E-state index contributed by atoms with van der Waals surface area (Å²) in [5.74, 6) is 0.713. The quantitative estimate of drug-likeness (QED) is 0.687. The fourth-order valence-corrected chi connectivity index (χ4v) is 2.01. The first-order chi connectivity index (χ1) is 5.99. The van der Waals surface area contributed by atoms with Gasteiger partial charge in [0.25, 0.3) is 0 Å². The molecular formula is C10H21NO2. The molecule has 1 fully saturated rings. The molecule has 3 heteroatoms. The summed E-state index contributed by atoms with van der Waals surface area (Å²) >= 11 is 0. The highest BCUT2D eigenvalue weighted by atomic mass is 16.5. The van der Waals surface area contributed by atoms with Crippen LogP contribution in [0.3, 0.4) is 0 Å². The molecule has 78 valence electrons. The van der Waals surface area contributed by atoms with Gasteiger partial charge in [-0.05, 0) is 32.6 Å². The van der Waals surface area contributed by atoms with Crippen molar-refractivity contribution in [3.05, 3.63) is 0 Å².